The van der Waals surface area contributed by atoms with E-state index in [4.69, 9.17) is 27.9 Å². The maximum absolute atomic E-state index is 13.5. The first-order chi connectivity index (χ1) is 14.8. The summed E-state index contributed by atoms with van der Waals surface area (Å²) in [4.78, 5) is 38.8. The Morgan fingerprint density at radius 1 is 1.26 bits per heavy atom. The zero-order valence-electron chi connectivity index (χ0n) is 16.0. The largest absolute Gasteiger partial charge is 0.487 e. The van der Waals surface area contributed by atoms with Crippen LogP contribution in [0.4, 0.5) is 10.2 Å². The maximum atomic E-state index is 13.5. The van der Waals surface area contributed by atoms with Gasteiger partial charge in [0.05, 0.1) is 23.1 Å². The number of rotatable bonds is 3. The van der Waals surface area contributed by atoms with Crippen LogP contribution in [0.2, 0.25) is 10.0 Å². The second kappa shape index (κ2) is 8.44. The van der Waals surface area contributed by atoms with E-state index in [1.165, 1.54) is 18.1 Å². The number of aromatic nitrogens is 3. The molecule has 0 fully saturated rings. The Kier molecular flexibility index (Phi) is 5.71. The standard InChI is InChI=1S/C20H14Cl2FN5O3/c1-28-18-15(6-12(23)7-25-18)31-9-14(20(28)30)26-19(29)17-24-8-13(22)16(27-17)10-3-2-4-11(21)5-10/h2-8,14H,9H2,1H3,(H,26,29). The fourth-order valence-electron chi connectivity index (χ4n) is 3.00. The summed E-state index contributed by atoms with van der Waals surface area (Å²) >= 11 is 12.2. The molecule has 1 aliphatic heterocycles. The van der Waals surface area contributed by atoms with Crippen molar-refractivity contribution in [3.8, 4) is 17.0 Å². The number of anilines is 1. The van der Waals surface area contributed by atoms with E-state index in [1.807, 2.05) is 0 Å². The monoisotopic (exact) mass is 461 g/mol. The van der Waals surface area contributed by atoms with E-state index in [1.54, 1.807) is 24.3 Å². The van der Waals surface area contributed by atoms with E-state index in [0.29, 0.717) is 16.3 Å². The van der Waals surface area contributed by atoms with E-state index in [9.17, 15) is 14.0 Å². The Labute approximate surface area is 186 Å². The predicted molar refractivity (Wildman–Crippen MR) is 112 cm³/mol. The molecule has 11 heteroatoms. The number of benzene rings is 1. The van der Waals surface area contributed by atoms with Gasteiger partial charge in [-0.1, -0.05) is 35.3 Å². The van der Waals surface area contributed by atoms with Crippen LogP contribution in [0.1, 0.15) is 10.6 Å². The van der Waals surface area contributed by atoms with Crippen molar-refractivity contribution < 1.29 is 18.7 Å². The number of nitrogens with zero attached hydrogens (tertiary/aromatic N) is 4. The minimum atomic E-state index is -1.07. The highest BCUT2D eigenvalue weighted by Crippen LogP contribution is 2.29. The molecule has 0 radical (unpaired) electrons. The fourth-order valence-corrected chi connectivity index (χ4v) is 3.39. The number of likely N-dealkylation sites (N-methyl/N-ethyl adjacent to an activating group) is 1. The fraction of sp³-hybridized carbons (Fsp3) is 0.150. The van der Waals surface area contributed by atoms with Crippen LogP contribution < -0.4 is 15.0 Å². The van der Waals surface area contributed by atoms with Crippen molar-refractivity contribution in [2.45, 2.75) is 6.04 Å². The molecule has 0 bridgehead atoms. The molecule has 0 saturated carbocycles. The van der Waals surface area contributed by atoms with E-state index in [2.05, 4.69) is 20.3 Å². The van der Waals surface area contributed by atoms with Gasteiger partial charge in [0.25, 0.3) is 11.8 Å². The number of hydrogen-bond acceptors (Lipinski definition) is 6. The van der Waals surface area contributed by atoms with E-state index in [-0.39, 0.29) is 29.0 Å². The first-order valence-corrected chi connectivity index (χ1v) is 9.74. The van der Waals surface area contributed by atoms with Crippen molar-refractivity contribution in [2.75, 3.05) is 18.6 Å². The highest BCUT2D eigenvalue weighted by molar-refractivity contribution is 6.33. The number of halogens is 3. The van der Waals surface area contributed by atoms with Gasteiger partial charge < -0.3 is 10.1 Å². The molecule has 158 valence electrons. The van der Waals surface area contributed by atoms with Crippen LogP contribution in [0.5, 0.6) is 5.75 Å². The number of ether oxygens (including phenoxy) is 1. The van der Waals surface area contributed by atoms with Gasteiger partial charge in [-0.05, 0) is 12.1 Å². The van der Waals surface area contributed by atoms with Crippen molar-refractivity contribution in [2.24, 2.45) is 0 Å². The molecule has 0 aliphatic carbocycles. The first-order valence-electron chi connectivity index (χ1n) is 8.98. The molecule has 3 heterocycles. The van der Waals surface area contributed by atoms with Gasteiger partial charge in [0.1, 0.15) is 18.5 Å². The SMILES string of the molecule is CN1C(=O)C(NC(=O)c2ncc(Cl)c(-c3cccc(Cl)c3)n2)COc2cc(F)cnc21. The highest BCUT2D eigenvalue weighted by Gasteiger charge is 2.32. The third-order valence-electron chi connectivity index (χ3n) is 4.50. The van der Waals surface area contributed by atoms with Gasteiger partial charge >= 0.3 is 0 Å². The van der Waals surface area contributed by atoms with Gasteiger partial charge in [0.15, 0.2) is 11.6 Å². The average molecular weight is 462 g/mol. The quantitative estimate of drug-likeness (QED) is 0.643. The minimum absolute atomic E-state index is 0.0959. The topological polar surface area (TPSA) is 97.3 Å². The lowest BCUT2D eigenvalue weighted by atomic mass is 10.1. The van der Waals surface area contributed by atoms with Crippen LogP contribution >= 0.6 is 23.2 Å². The lowest BCUT2D eigenvalue weighted by Crippen LogP contribution is -2.49. The Balaban J connectivity index is 1.57. The smallest absolute Gasteiger partial charge is 0.289 e. The molecule has 1 atom stereocenters. The molecule has 31 heavy (non-hydrogen) atoms. The van der Waals surface area contributed by atoms with Crippen LogP contribution in [0, 0.1) is 5.82 Å². The molecule has 1 unspecified atom stereocenters. The van der Waals surface area contributed by atoms with E-state index < -0.39 is 23.7 Å². The summed E-state index contributed by atoms with van der Waals surface area (Å²) in [6.07, 6.45) is 2.27. The van der Waals surface area contributed by atoms with Gasteiger partial charge in [0.2, 0.25) is 5.82 Å². The summed E-state index contributed by atoms with van der Waals surface area (Å²) in [5.41, 5.74) is 0.920. The van der Waals surface area contributed by atoms with Crippen LogP contribution in [0.15, 0.2) is 42.7 Å². The Morgan fingerprint density at radius 2 is 2.06 bits per heavy atom. The molecule has 8 nitrogen and oxygen atoms in total. The number of nitrogens with one attached hydrogen (secondary N) is 1. The first kappa shape index (κ1) is 21.0. The third-order valence-corrected chi connectivity index (χ3v) is 5.01. The average Bonchev–Trinajstić information content (AvgIpc) is 2.86. The molecule has 3 aromatic rings. The van der Waals surface area contributed by atoms with Crippen LogP contribution in [0.25, 0.3) is 11.3 Å². The van der Waals surface area contributed by atoms with Crippen molar-refractivity contribution >= 4 is 40.8 Å². The summed E-state index contributed by atoms with van der Waals surface area (Å²) in [6.45, 7) is -0.220. The van der Waals surface area contributed by atoms with Crippen LogP contribution in [0.3, 0.4) is 0 Å². The summed E-state index contributed by atoms with van der Waals surface area (Å²) in [5.74, 6) is -1.76. The van der Waals surface area contributed by atoms with Crippen LogP contribution in [-0.4, -0.2) is 46.5 Å². The number of pyridine rings is 1. The lowest BCUT2D eigenvalue weighted by molar-refractivity contribution is -0.120. The number of carbonyl (C=O) groups excluding carboxylic acids is 2. The second-order valence-corrected chi connectivity index (χ2v) is 7.45. The Bertz CT molecular complexity index is 1190. The molecule has 2 amide bonds. The molecular formula is C20H14Cl2FN5O3. The number of hydrogen-bond donors (Lipinski definition) is 1. The van der Waals surface area contributed by atoms with Gasteiger partial charge in [0, 0.05) is 23.7 Å². The molecule has 1 aromatic carbocycles. The minimum Gasteiger partial charge on any atom is -0.487 e. The Hall–Kier alpha value is -3.30. The zero-order chi connectivity index (χ0) is 22.1. The maximum Gasteiger partial charge on any atom is 0.289 e. The summed E-state index contributed by atoms with van der Waals surface area (Å²) in [7, 11) is 1.45. The molecule has 0 saturated heterocycles. The zero-order valence-corrected chi connectivity index (χ0v) is 17.5. The molecular weight excluding hydrogens is 448 g/mol. The number of carbonyl (C=O) groups is 2. The third kappa shape index (κ3) is 4.28. The van der Waals surface area contributed by atoms with Gasteiger partial charge in [-0.2, -0.15) is 0 Å². The molecule has 1 N–H and O–H groups in total. The summed E-state index contributed by atoms with van der Waals surface area (Å²) < 4.78 is 19.0. The van der Waals surface area contributed by atoms with Crippen molar-refractivity contribution in [1.29, 1.82) is 0 Å². The van der Waals surface area contributed by atoms with E-state index in [0.717, 1.165) is 12.3 Å². The summed E-state index contributed by atoms with van der Waals surface area (Å²) in [6, 6.07) is 6.86. The summed E-state index contributed by atoms with van der Waals surface area (Å²) in [5, 5.41) is 3.25. The van der Waals surface area contributed by atoms with Crippen LogP contribution in [-0.2, 0) is 4.79 Å². The predicted octanol–water partition coefficient (Wildman–Crippen LogP) is 3.14. The van der Waals surface area contributed by atoms with E-state index >= 15 is 0 Å². The molecule has 4 rings (SSSR count). The van der Waals surface area contributed by atoms with Crippen molar-refractivity contribution in [1.82, 2.24) is 20.3 Å². The lowest BCUT2D eigenvalue weighted by Gasteiger charge is -2.19. The Morgan fingerprint density at radius 3 is 2.84 bits per heavy atom. The van der Waals surface area contributed by atoms with Crippen molar-refractivity contribution in [3.63, 3.8) is 0 Å². The van der Waals surface area contributed by atoms with Gasteiger partial charge in [-0.3, -0.25) is 14.5 Å². The number of amides is 2. The second-order valence-electron chi connectivity index (χ2n) is 6.61. The molecule has 2 aromatic heterocycles. The van der Waals surface area contributed by atoms with Gasteiger partial charge in [-0.15, -0.1) is 0 Å². The van der Waals surface area contributed by atoms with Crippen molar-refractivity contribution in [3.05, 3.63) is 64.4 Å². The normalized spacial score (nSPS) is 15.7. The highest BCUT2D eigenvalue weighted by atomic mass is 35.5. The number of fused-ring (bicyclic) bond motifs is 1. The molecule has 1 aliphatic rings. The van der Waals surface area contributed by atoms with Gasteiger partial charge in [-0.25, -0.2) is 19.3 Å². The molecule has 0 spiro atoms.